The Morgan fingerprint density at radius 2 is 2.12 bits per heavy atom. The summed E-state index contributed by atoms with van der Waals surface area (Å²) in [6.07, 6.45) is -3.97. The summed E-state index contributed by atoms with van der Waals surface area (Å²) in [6.45, 7) is 0. The molecule has 0 spiro atoms. The number of alkyl halides is 3. The molecule has 3 nitrogen and oxygen atoms in total. The summed E-state index contributed by atoms with van der Waals surface area (Å²) in [5, 5.41) is 0. The molecule has 0 saturated carbocycles. The van der Waals surface area contributed by atoms with E-state index in [2.05, 4.69) is 9.97 Å². The number of benzene rings is 1. The number of hydrogen-bond acceptors (Lipinski definition) is 2. The Labute approximate surface area is 88.3 Å². The van der Waals surface area contributed by atoms with E-state index in [9.17, 15) is 18.0 Å². The Kier molecular flexibility index (Phi) is 2.41. The molecule has 1 aromatic heterocycles. The minimum atomic E-state index is -4.77. The van der Waals surface area contributed by atoms with E-state index >= 15 is 0 Å². The minimum Gasteiger partial charge on any atom is -0.345 e. The number of rotatable bonds is 2. The number of imidazole rings is 1. The Balaban J connectivity index is 2.24. The predicted octanol–water partition coefficient (Wildman–Crippen LogP) is 2.24. The van der Waals surface area contributed by atoms with E-state index in [-0.39, 0.29) is 0 Å². The molecular formula is C10H7F3N2O. The van der Waals surface area contributed by atoms with E-state index in [1.54, 1.807) is 6.07 Å². The van der Waals surface area contributed by atoms with Crippen LogP contribution in [0.3, 0.4) is 0 Å². The molecule has 1 aromatic carbocycles. The molecule has 0 amide bonds. The van der Waals surface area contributed by atoms with E-state index in [0.29, 0.717) is 16.6 Å². The summed E-state index contributed by atoms with van der Waals surface area (Å²) < 4.78 is 36.1. The van der Waals surface area contributed by atoms with Crippen molar-refractivity contribution in [2.45, 2.75) is 12.6 Å². The summed E-state index contributed by atoms with van der Waals surface area (Å²) in [6, 6.07) is 4.53. The number of ketones is 1. The predicted molar refractivity (Wildman–Crippen MR) is 50.9 cm³/mol. The molecule has 0 unspecified atom stereocenters. The maximum absolute atomic E-state index is 12.0. The zero-order chi connectivity index (χ0) is 11.8. The highest BCUT2D eigenvalue weighted by molar-refractivity contribution is 5.87. The van der Waals surface area contributed by atoms with Crippen LogP contribution in [0.15, 0.2) is 24.5 Å². The second-order valence-electron chi connectivity index (χ2n) is 3.35. The van der Waals surface area contributed by atoms with Gasteiger partial charge in [-0.3, -0.25) is 4.79 Å². The maximum atomic E-state index is 12.0. The third kappa shape index (κ3) is 2.05. The first-order chi connectivity index (χ1) is 7.47. The van der Waals surface area contributed by atoms with Crippen LogP contribution < -0.4 is 0 Å². The number of carbonyl (C=O) groups is 1. The molecule has 0 aliphatic carbocycles. The summed E-state index contributed by atoms with van der Waals surface area (Å²) in [4.78, 5) is 17.5. The Hall–Kier alpha value is -1.85. The van der Waals surface area contributed by atoms with Gasteiger partial charge in [0.25, 0.3) is 0 Å². The highest BCUT2D eigenvalue weighted by Crippen LogP contribution is 2.20. The van der Waals surface area contributed by atoms with Crippen LogP contribution in [0.25, 0.3) is 11.0 Å². The molecule has 0 aliphatic heterocycles. The number of nitrogens with one attached hydrogen (secondary N) is 1. The first kappa shape index (κ1) is 10.7. The number of fused-ring (bicyclic) bond motifs is 1. The molecule has 2 aromatic rings. The van der Waals surface area contributed by atoms with Crippen molar-refractivity contribution in [3.05, 3.63) is 30.1 Å². The Morgan fingerprint density at radius 3 is 2.81 bits per heavy atom. The van der Waals surface area contributed by atoms with Gasteiger partial charge in [0.2, 0.25) is 5.78 Å². The lowest BCUT2D eigenvalue weighted by Gasteiger charge is -2.04. The maximum Gasteiger partial charge on any atom is 0.450 e. The largest absolute Gasteiger partial charge is 0.450 e. The van der Waals surface area contributed by atoms with E-state index in [0.717, 1.165) is 0 Å². The van der Waals surface area contributed by atoms with Gasteiger partial charge in [-0.05, 0) is 17.7 Å². The second-order valence-corrected chi connectivity index (χ2v) is 3.35. The van der Waals surface area contributed by atoms with Crippen LogP contribution in [0, 0.1) is 0 Å². The lowest BCUT2D eigenvalue weighted by atomic mass is 10.1. The van der Waals surface area contributed by atoms with Crippen LogP contribution in [0.1, 0.15) is 5.56 Å². The van der Waals surface area contributed by atoms with Gasteiger partial charge in [-0.25, -0.2) is 4.98 Å². The van der Waals surface area contributed by atoms with E-state index in [4.69, 9.17) is 0 Å². The average Bonchev–Trinajstić information content (AvgIpc) is 2.63. The fraction of sp³-hybridized carbons (Fsp3) is 0.200. The zero-order valence-electron chi connectivity index (χ0n) is 8.01. The summed E-state index contributed by atoms with van der Waals surface area (Å²) in [7, 11) is 0. The van der Waals surface area contributed by atoms with Crippen LogP contribution in [-0.2, 0) is 11.2 Å². The van der Waals surface area contributed by atoms with Crippen LogP contribution in [0.2, 0.25) is 0 Å². The van der Waals surface area contributed by atoms with Crippen molar-refractivity contribution in [3.63, 3.8) is 0 Å². The number of aromatic amines is 1. The quantitative estimate of drug-likeness (QED) is 0.856. The van der Waals surface area contributed by atoms with Crippen molar-refractivity contribution in [2.75, 3.05) is 0 Å². The second kappa shape index (κ2) is 3.62. The van der Waals surface area contributed by atoms with Crippen molar-refractivity contribution in [3.8, 4) is 0 Å². The standard InChI is InChI=1S/C10H7F3N2O/c11-10(12,13)9(16)4-6-1-2-7-8(3-6)15-5-14-7/h1-3,5H,4H2,(H,14,15). The van der Waals surface area contributed by atoms with Crippen molar-refractivity contribution in [1.82, 2.24) is 9.97 Å². The number of hydrogen-bond donors (Lipinski definition) is 1. The Bertz CT molecular complexity index is 530. The minimum absolute atomic E-state index is 0.319. The normalized spacial score (nSPS) is 11.9. The molecule has 0 atom stereocenters. The van der Waals surface area contributed by atoms with Gasteiger partial charge in [-0.2, -0.15) is 13.2 Å². The smallest absolute Gasteiger partial charge is 0.345 e. The number of nitrogens with zero attached hydrogens (tertiary/aromatic N) is 1. The SMILES string of the molecule is O=C(Cc1ccc2nc[nH]c2c1)C(F)(F)F. The van der Waals surface area contributed by atoms with Crippen molar-refractivity contribution >= 4 is 16.8 Å². The molecule has 0 fully saturated rings. The van der Waals surface area contributed by atoms with Crippen molar-refractivity contribution in [1.29, 1.82) is 0 Å². The molecule has 1 heterocycles. The number of H-pyrrole nitrogens is 1. The van der Waals surface area contributed by atoms with Crippen LogP contribution in [0.4, 0.5) is 13.2 Å². The van der Waals surface area contributed by atoms with Gasteiger partial charge < -0.3 is 4.98 Å². The van der Waals surface area contributed by atoms with Crippen LogP contribution >= 0.6 is 0 Å². The van der Waals surface area contributed by atoms with Crippen LogP contribution in [-0.4, -0.2) is 21.9 Å². The topological polar surface area (TPSA) is 45.8 Å². The molecule has 84 valence electrons. The number of Topliss-reactive ketones (excluding diaryl/α,β-unsaturated/α-hetero) is 1. The molecule has 1 N–H and O–H groups in total. The number of aromatic nitrogens is 2. The third-order valence-corrected chi connectivity index (χ3v) is 2.17. The highest BCUT2D eigenvalue weighted by atomic mass is 19.4. The van der Waals surface area contributed by atoms with E-state index in [1.165, 1.54) is 18.5 Å². The lowest BCUT2D eigenvalue weighted by Crippen LogP contribution is -2.24. The molecule has 2 rings (SSSR count). The molecule has 16 heavy (non-hydrogen) atoms. The first-order valence-corrected chi connectivity index (χ1v) is 4.49. The number of halogens is 3. The van der Waals surface area contributed by atoms with Gasteiger partial charge in [0.1, 0.15) is 0 Å². The van der Waals surface area contributed by atoms with Gasteiger partial charge in [-0.15, -0.1) is 0 Å². The molecular weight excluding hydrogens is 221 g/mol. The lowest BCUT2D eigenvalue weighted by molar-refractivity contribution is -0.170. The summed E-state index contributed by atoms with van der Waals surface area (Å²) in [5.41, 5.74) is 1.59. The van der Waals surface area contributed by atoms with Crippen LogP contribution in [0.5, 0.6) is 0 Å². The van der Waals surface area contributed by atoms with Gasteiger partial charge in [0, 0.05) is 6.42 Å². The van der Waals surface area contributed by atoms with Crippen molar-refractivity contribution < 1.29 is 18.0 Å². The van der Waals surface area contributed by atoms with Gasteiger partial charge in [0.15, 0.2) is 0 Å². The first-order valence-electron chi connectivity index (χ1n) is 4.49. The third-order valence-electron chi connectivity index (χ3n) is 2.17. The monoisotopic (exact) mass is 228 g/mol. The molecule has 0 aliphatic rings. The van der Waals surface area contributed by atoms with Gasteiger partial charge in [-0.1, -0.05) is 6.07 Å². The zero-order valence-corrected chi connectivity index (χ0v) is 8.01. The van der Waals surface area contributed by atoms with E-state index < -0.39 is 18.4 Å². The van der Waals surface area contributed by atoms with Gasteiger partial charge in [0.05, 0.1) is 17.4 Å². The summed E-state index contributed by atoms with van der Waals surface area (Å²) >= 11 is 0. The fourth-order valence-corrected chi connectivity index (χ4v) is 1.38. The number of carbonyl (C=O) groups excluding carboxylic acids is 1. The Morgan fingerprint density at radius 1 is 1.38 bits per heavy atom. The van der Waals surface area contributed by atoms with E-state index in [1.807, 2.05) is 0 Å². The molecule has 6 heteroatoms. The molecule has 0 radical (unpaired) electrons. The highest BCUT2D eigenvalue weighted by Gasteiger charge is 2.37. The average molecular weight is 228 g/mol. The van der Waals surface area contributed by atoms with Gasteiger partial charge >= 0.3 is 6.18 Å². The summed E-state index contributed by atoms with van der Waals surface area (Å²) in [5.74, 6) is -1.74. The molecule has 0 bridgehead atoms. The fourth-order valence-electron chi connectivity index (χ4n) is 1.38. The molecule has 0 saturated heterocycles. The van der Waals surface area contributed by atoms with Crippen molar-refractivity contribution in [2.24, 2.45) is 0 Å².